The van der Waals surface area contributed by atoms with Gasteiger partial charge in [0.15, 0.2) is 0 Å². The van der Waals surface area contributed by atoms with E-state index >= 15 is 0 Å². The van der Waals surface area contributed by atoms with Crippen molar-refractivity contribution in [1.29, 1.82) is 0 Å². The van der Waals surface area contributed by atoms with Crippen molar-refractivity contribution in [3.63, 3.8) is 0 Å². The average molecular weight is 1150 g/mol. The van der Waals surface area contributed by atoms with Gasteiger partial charge in [-0.15, -0.1) is 28.3 Å². The molecule has 2 rings (SSSR count). The normalized spacial score (nSPS) is 13.1. The Morgan fingerprint density at radius 2 is 0.649 bits per heavy atom. The minimum Gasteiger partial charge on any atom is -0.481 e. The zero-order chi connectivity index (χ0) is 58.8. The van der Waals surface area contributed by atoms with Crippen LogP contribution < -0.4 is 5.73 Å². The molecule has 20 heteroatoms. The molecule has 0 saturated carbocycles. The van der Waals surface area contributed by atoms with Crippen molar-refractivity contribution in [1.82, 2.24) is 10.1 Å². The standard InChI is InChI=1S/C22H37NO6.C18H34O4.C12H25NO2.C4H5NO3.CH2Cl2.H2/c1-22(2,3)28-20(26)14-12-10-8-6-4-5-7-9-11-13-15-21(27)29-23-18(24)16-17-19(23)25;1-18(2,3)22-17(21)15-13-11-9-7-5-4-6-8-10-12-14-16(19)20;13-11-9-7-5-3-1-2-4-6-8-10-12(14)15;6-3-1-2-4(7)5(3)8;2-1-3;/h4-17H2,1-3H3;4-15H2,1-3H3,(H,19,20);1-11,13H2,(H,14,15);8H,1-2H2;1H2;1H/i;;;;;1+2. The Bertz CT molecular complexity index is 1580. The molecule has 2 aliphatic rings. The number of halogens is 2. The first kappa shape index (κ1) is 77.4. The van der Waals surface area contributed by atoms with Crippen molar-refractivity contribution in [3.05, 3.63) is 0 Å². The van der Waals surface area contributed by atoms with Crippen LogP contribution in [0.4, 0.5) is 0 Å². The second kappa shape index (κ2) is 51.6. The molecular formula is C57H105Cl2N3O15. The molecule has 77 heavy (non-hydrogen) atoms. The number of esters is 2. The number of aliphatic carboxylic acids is 2. The van der Waals surface area contributed by atoms with Crippen molar-refractivity contribution in [3.8, 4) is 0 Å². The van der Waals surface area contributed by atoms with Gasteiger partial charge in [-0.1, -0.05) is 148 Å². The van der Waals surface area contributed by atoms with Gasteiger partial charge in [-0.05, 0) is 86.6 Å². The number of carbonyl (C=O) groups is 9. The Morgan fingerprint density at radius 1 is 0.429 bits per heavy atom. The van der Waals surface area contributed by atoms with Crippen LogP contribution in [0.15, 0.2) is 0 Å². The molecule has 2 aliphatic heterocycles. The average Bonchev–Trinajstić information content (AvgIpc) is 3.81. The molecule has 18 nitrogen and oxygen atoms in total. The molecule has 0 aromatic carbocycles. The number of hydrogen-bond acceptors (Lipinski definition) is 14. The number of rotatable bonds is 38. The van der Waals surface area contributed by atoms with Crippen LogP contribution in [0.25, 0.3) is 0 Å². The number of carbonyl (C=O) groups excluding carboxylic acids is 7. The third-order valence-electron chi connectivity index (χ3n) is 11.7. The summed E-state index contributed by atoms with van der Waals surface area (Å²) in [6.07, 6.45) is 34.6. The smallest absolute Gasteiger partial charge is 0.333 e. The highest BCUT2D eigenvalue weighted by Gasteiger charge is 2.32. The summed E-state index contributed by atoms with van der Waals surface area (Å²) in [6, 6.07) is 0. The zero-order valence-corrected chi connectivity index (χ0v) is 49.8. The molecule has 0 aromatic heterocycles. The number of alkyl halides is 2. The van der Waals surface area contributed by atoms with E-state index in [9.17, 15) is 43.2 Å². The lowest BCUT2D eigenvalue weighted by atomic mass is 10.1. The van der Waals surface area contributed by atoms with Crippen molar-refractivity contribution >= 4 is 76.7 Å². The molecule has 452 valence electrons. The first-order chi connectivity index (χ1) is 36.4. The molecule has 2 heterocycles. The molecule has 0 unspecified atom stereocenters. The predicted octanol–water partition coefficient (Wildman–Crippen LogP) is 13.8. The van der Waals surface area contributed by atoms with Gasteiger partial charge in [0.1, 0.15) is 11.2 Å². The third kappa shape index (κ3) is 58.1. The van der Waals surface area contributed by atoms with Crippen LogP contribution in [0.5, 0.6) is 0 Å². The van der Waals surface area contributed by atoms with Gasteiger partial charge in [0.2, 0.25) is 0 Å². The minimum atomic E-state index is -0.689. The Kier molecular flexibility index (Phi) is 51.8. The summed E-state index contributed by atoms with van der Waals surface area (Å²) in [4.78, 5) is 103. The molecule has 0 atom stereocenters. The van der Waals surface area contributed by atoms with E-state index in [1.165, 1.54) is 89.9 Å². The summed E-state index contributed by atoms with van der Waals surface area (Å²) in [5, 5.41) is 26.3. The minimum absolute atomic E-state index is 0. The van der Waals surface area contributed by atoms with E-state index in [-0.39, 0.29) is 61.5 Å². The van der Waals surface area contributed by atoms with E-state index in [2.05, 4.69) is 0 Å². The number of carboxylic acids is 2. The van der Waals surface area contributed by atoms with E-state index in [1.54, 1.807) is 0 Å². The van der Waals surface area contributed by atoms with Crippen LogP contribution in [0.1, 0.15) is 287 Å². The number of hydroxylamine groups is 4. The summed E-state index contributed by atoms with van der Waals surface area (Å²) in [7, 11) is 0. The molecule has 5 N–H and O–H groups in total. The van der Waals surface area contributed by atoms with Crippen LogP contribution >= 0.6 is 23.2 Å². The number of imide groups is 2. The van der Waals surface area contributed by atoms with Gasteiger partial charge in [-0.2, -0.15) is 5.06 Å². The predicted molar refractivity (Wildman–Crippen MR) is 302 cm³/mol. The van der Waals surface area contributed by atoms with E-state index in [4.69, 9.17) is 58.7 Å². The molecule has 4 amide bonds. The van der Waals surface area contributed by atoms with Crippen molar-refractivity contribution < 1.29 is 74.3 Å². The van der Waals surface area contributed by atoms with E-state index in [0.29, 0.717) is 37.2 Å². The molecule has 0 spiro atoms. The fraction of sp³-hybridized carbons (Fsp3) is 0.842. The Morgan fingerprint density at radius 3 is 0.870 bits per heavy atom. The number of nitrogens with zero attached hydrogens (tertiary/aromatic N) is 2. The van der Waals surface area contributed by atoms with E-state index < -0.39 is 47.1 Å². The number of amides is 4. The van der Waals surface area contributed by atoms with Crippen LogP contribution in [-0.2, 0) is 57.5 Å². The molecule has 2 saturated heterocycles. The molecule has 2 fully saturated rings. The Labute approximate surface area is 473 Å². The van der Waals surface area contributed by atoms with Gasteiger partial charge in [-0.3, -0.25) is 43.6 Å². The highest BCUT2D eigenvalue weighted by Crippen LogP contribution is 2.18. The summed E-state index contributed by atoms with van der Waals surface area (Å²) >= 11 is 9.53. The molecule has 0 aromatic rings. The molecule has 0 aliphatic carbocycles. The lowest BCUT2D eigenvalue weighted by molar-refractivity contribution is -0.197. The zero-order valence-electron chi connectivity index (χ0n) is 48.3. The van der Waals surface area contributed by atoms with Crippen LogP contribution in [0.2, 0.25) is 0 Å². The lowest BCUT2D eigenvalue weighted by Gasteiger charge is -2.19. The molecule has 0 bridgehead atoms. The number of nitrogens with two attached hydrogens (primary N) is 1. The first-order valence-corrected chi connectivity index (χ1v) is 29.8. The summed E-state index contributed by atoms with van der Waals surface area (Å²) in [5.74, 6) is -3.96. The fourth-order valence-corrected chi connectivity index (χ4v) is 7.73. The number of carboxylic acid groups (broad SMARTS) is 2. The van der Waals surface area contributed by atoms with Gasteiger partial charge in [0.25, 0.3) is 23.6 Å². The second-order valence-electron chi connectivity index (χ2n) is 21.5. The Balaban J connectivity index is -0.000000492. The quantitative estimate of drug-likeness (QED) is 0.0147. The summed E-state index contributed by atoms with van der Waals surface area (Å²) in [5.41, 5.74) is 4.63. The van der Waals surface area contributed by atoms with E-state index in [0.717, 1.165) is 96.4 Å². The lowest BCUT2D eigenvalue weighted by Crippen LogP contribution is -2.31. The van der Waals surface area contributed by atoms with E-state index in [1.807, 2.05) is 41.5 Å². The van der Waals surface area contributed by atoms with Crippen molar-refractivity contribution in [2.24, 2.45) is 5.73 Å². The SMILES string of the molecule is CC(C)(C)OC(=O)CCCCCCCCCCCCC(=O)O.CC(C)(C)OC(=O)CCCCCCCCCCCCC(=O)ON1C(=O)CCC1=O.ClCCl.NCCCCCCCCCCCC(=O)O.O=C1CCC(=O)N1O.[3HH]. The number of hydrogen-bond donors (Lipinski definition) is 4. The van der Waals surface area contributed by atoms with Crippen LogP contribution in [-0.4, -0.2) is 102 Å². The summed E-state index contributed by atoms with van der Waals surface area (Å²) < 4.78 is 10.6. The summed E-state index contributed by atoms with van der Waals surface area (Å²) in [6.45, 7) is 12.2. The van der Waals surface area contributed by atoms with Crippen molar-refractivity contribution in [2.45, 2.75) is 297 Å². The monoisotopic (exact) mass is 1140 g/mol. The third-order valence-corrected chi connectivity index (χ3v) is 11.7. The first-order valence-electron chi connectivity index (χ1n) is 28.7. The van der Waals surface area contributed by atoms with Gasteiger partial charge >= 0.3 is 29.8 Å². The van der Waals surface area contributed by atoms with Gasteiger partial charge in [0, 0.05) is 59.2 Å². The van der Waals surface area contributed by atoms with Crippen LogP contribution in [0, 0.1) is 0 Å². The maximum atomic E-state index is 11.7. The maximum absolute atomic E-state index is 11.7. The van der Waals surface area contributed by atoms with Gasteiger partial charge < -0.3 is 30.3 Å². The van der Waals surface area contributed by atoms with Gasteiger partial charge in [0.05, 0.1) is 5.34 Å². The second-order valence-corrected chi connectivity index (χ2v) is 22.3. The number of ether oxygens (including phenoxy) is 2. The Hall–Kier alpha value is -3.87. The molecule has 0 radical (unpaired) electrons. The fourth-order valence-electron chi connectivity index (χ4n) is 7.73. The highest BCUT2D eigenvalue weighted by atomic mass is 35.5. The largest absolute Gasteiger partial charge is 0.481 e. The van der Waals surface area contributed by atoms with Crippen LogP contribution in [0.3, 0.4) is 0 Å². The topological polar surface area (TPSA) is 275 Å². The maximum Gasteiger partial charge on any atom is 0.333 e. The number of unbranched alkanes of at least 4 members (excludes halogenated alkanes) is 26. The highest BCUT2D eigenvalue weighted by molar-refractivity contribution is 6.40. The van der Waals surface area contributed by atoms with Gasteiger partial charge in [-0.25, -0.2) is 4.79 Å². The van der Waals surface area contributed by atoms with Crippen molar-refractivity contribution in [2.75, 3.05) is 11.9 Å². The molecular weight excluding hydrogens is 1040 g/mol.